The largest absolute Gasteiger partial charge is 0.447 e. The van der Waals surface area contributed by atoms with Crippen molar-refractivity contribution < 1.29 is 8.83 Å². The second kappa shape index (κ2) is 5.61. The molecule has 6 nitrogen and oxygen atoms in total. The lowest BCUT2D eigenvalue weighted by Gasteiger charge is -2.21. The minimum atomic E-state index is -0.500. The van der Waals surface area contributed by atoms with Gasteiger partial charge in [-0.2, -0.15) is 0 Å². The van der Waals surface area contributed by atoms with Gasteiger partial charge >= 0.3 is 0 Å². The Kier molecular flexibility index (Phi) is 3.38. The molecule has 0 fully saturated rings. The second-order valence-electron chi connectivity index (χ2n) is 8.19. The van der Waals surface area contributed by atoms with Crippen LogP contribution in [-0.2, 0) is 10.8 Å². The Hall–Kier alpha value is -3.28. The highest BCUT2D eigenvalue weighted by atomic mass is 16.3. The van der Waals surface area contributed by atoms with Crippen LogP contribution in [0.15, 0.2) is 58.0 Å². The number of fused-ring (bicyclic) bond motifs is 10. The average Bonchev–Trinajstić information content (AvgIpc) is 3.38. The maximum absolute atomic E-state index is 5.88. The van der Waals surface area contributed by atoms with Crippen molar-refractivity contribution in [3.05, 3.63) is 72.4 Å². The van der Waals surface area contributed by atoms with E-state index in [0.717, 1.165) is 33.9 Å². The third kappa shape index (κ3) is 2.41. The first-order valence-electron chi connectivity index (χ1n) is 9.21. The molecule has 1 aliphatic heterocycles. The molecule has 0 aliphatic carbocycles. The molecule has 0 amide bonds. The maximum Gasteiger partial charge on any atom is 0.206 e. The molecule has 0 spiro atoms. The predicted octanol–water partition coefficient (Wildman–Crippen LogP) is 4.75. The Bertz CT molecular complexity index is 1090. The molecule has 0 unspecified atom stereocenters. The van der Waals surface area contributed by atoms with Crippen LogP contribution < -0.4 is 0 Å². The van der Waals surface area contributed by atoms with Gasteiger partial charge in [0.05, 0.1) is 22.2 Å². The van der Waals surface area contributed by atoms with Gasteiger partial charge in [-0.1, -0.05) is 0 Å². The monoisotopic (exact) mass is 372 g/mol. The first-order valence-corrected chi connectivity index (χ1v) is 9.21. The SMILES string of the molecule is CC1(C)c2cc(ccn2)-c2coc(n2)C(C)(C)c2cc(ccn2)-c2coc1n2. The number of oxazole rings is 2. The molecular weight excluding hydrogens is 352 g/mol. The summed E-state index contributed by atoms with van der Waals surface area (Å²) in [6, 6.07) is 7.89. The van der Waals surface area contributed by atoms with Gasteiger partial charge < -0.3 is 8.83 Å². The van der Waals surface area contributed by atoms with Crippen LogP contribution in [0.2, 0.25) is 0 Å². The fourth-order valence-corrected chi connectivity index (χ4v) is 3.47. The van der Waals surface area contributed by atoms with E-state index >= 15 is 0 Å². The zero-order valence-electron chi connectivity index (χ0n) is 16.2. The Morgan fingerprint density at radius 3 is 1.54 bits per heavy atom. The smallest absolute Gasteiger partial charge is 0.206 e. The molecule has 0 atom stereocenters. The van der Waals surface area contributed by atoms with E-state index in [9.17, 15) is 0 Å². The van der Waals surface area contributed by atoms with Crippen LogP contribution in [0.5, 0.6) is 0 Å². The summed E-state index contributed by atoms with van der Waals surface area (Å²) in [6.45, 7) is 8.21. The lowest BCUT2D eigenvalue weighted by Crippen LogP contribution is -2.22. The van der Waals surface area contributed by atoms with E-state index in [1.54, 1.807) is 24.9 Å². The quantitative estimate of drug-likeness (QED) is 0.443. The molecule has 4 aromatic heterocycles. The van der Waals surface area contributed by atoms with Crippen molar-refractivity contribution in [3.8, 4) is 22.5 Å². The number of nitrogens with zero attached hydrogens (tertiary/aromatic N) is 4. The highest BCUT2D eigenvalue weighted by molar-refractivity contribution is 5.61. The minimum Gasteiger partial charge on any atom is -0.447 e. The topological polar surface area (TPSA) is 77.8 Å². The van der Waals surface area contributed by atoms with Crippen LogP contribution in [0.1, 0.15) is 50.9 Å². The van der Waals surface area contributed by atoms with Gasteiger partial charge in [-0.05, 0) is 52.0 Å². The van der Waals surface area contributed by atoms with E-state index in [0.29, 0.717) is 11.8 Å². The minimum absolute atomic E-state index is 0.500. The molecule has 5 heterocycles. The van der Waals surface area contributed by atoms with Gasteiger partial charge in [0.2, 0.25) is 11.8 Å². The summed E-state index contributed by atoms with van der Waals surface area (Å²) in [6.07, 6.45) is 6.95. The molecule has 0 N–H and O–H groups in total. The summed E-state index contributed by atoms with van der Waals surface area (Å²) in [5, 5.41) is 0. The fourth-order valence-electron chi connectivity index (χ4n) is 3.47. The molecular formula is C22H20N4O2. The summed E-state index contributed by atoms with van der Waals surface area (Å²) in [7, 11) is 0. The van der Waals surface area contributed by atoms with E-state index in [2.05, 4.69) is 37.7 Å². The first-order chi connectivity index (χ1) is 13.4. The summed E-state index contributed by atoms with van der Waals surface area (Å²) in [5.74, 6) is 1.23. The molecule has 6 heteroatoms. The van der Waals surface area contributed by atoms with Gasteiger partial charge in [-0.3, -0.25) is 9.97 Å². The molecule has 5 rings (SSSR count). The number of pyridine rings is 2. The van der Waals surface area contributed by atoms with Gasteiger partial charge in [0, 0.05) is 23.5 Å². The predicted molar refractivity (Wildman–Crippen MR) is 104 cm³/mol. The van der Waals surface area contributed by atoms with E-state index in [4.69, 9.17) is 18.8 Å². The van der Waals surface area contributed by atoms with E-state index in [1.165, 1.54) is 0 Å². The van der Waals surface area contributed by atoms with Crippen molar-refractivity contribution in [2.45, 2.75) is 38.5 Å². The van der Waals surface area contributed by atoms with E-state index in [1.807, 2.05) is 24.3 Å². The summed E-state index contributed by atoms with van der Waals surface area (Å²) < 4.78 is 11.8. The first kappa shape index (κ1) is 16.9. The zero-order valence-corrected chi connectivity index (χ0v) is 16.2. The van der Waals surface area contributed by atoms with Crippen molar-refractivity contribution in [1.29, 1.82) is 0 Å². The Balaban J connectivity index is 1.82. The summed E-state index contributed by atoms with van der Waals surface area (Å²) >= 11 is 0. The van der Waals surface area contributed by atoms with Crippen molar-refractivity contribution in [2.24, 2.45) is 0 Å². The summed E-state index contributed by atoms with van der Waals surface area (Å²) in [4.78, 5) is 18.7. The maximum atomic E-state index is 5.88. The lowest BCUT2D eigenvalue weighted by molar-refractivity contribution is 0.406. The molecule has 0 aromatic carbocycles. The van der Waals surface area contributed by atoms with Gasteiger partial charge in [0.25, 0.3) is 0 Å². The third-order valence-corrected chi connectivity index (χ3v) is 5.47. The average molecular weight is 372 g/mol. The highest BCUT2D eigenvalue weighted by Crippen LogP contribution is 2.37. The Labute approximate surface area is 162 Å². The molecule has 8 bridgehead atoms. The number of hydrogen-bond donors (Lipinski definition) is 0. The highest BCUT2D eigenvalue weighted by Gasteiger charge is 2.34. The Morgan fingerprint density at radius 1 is 0.679 bits per heavy atom. The van der Waals surface area contributed by atoms with Crippen LogP contribution in [0.4, 0.5) is 0 Å². The molecule has 0 saturated carbocycles. The van der Waals surface area contributed by atoms with Crippen LogP contribution in [0.25, 0.3) is 22.5 Å². The van der Waals surface area contributed by atoms with Gasteiger partial charge in [-0.25, -0.2) is 9.97 Å². The van der Waals surface area contributed by atoms with Gasteiger partial charge in [-0.15, -0.1) is 0 Å². The van der Waals surface area contributed by atoms with Gasteiger partial charge in [0.1, 0.15) is 23.9 Å². The fraction of sp³-hybridized carbons (Fsp3) is 0.273. The molecule has 28 heavy (non-hydrogen) atoms. The van der Waals surface area contributed by atoms with E-state index < -0.39 is 10.8 Å². The molecule has 4 aromatic rings. The number of aromatic nitrogens is 4. The molecule has 1 aliphatic rings. The van der Waals surface area contributed by atoms with Crippen molar-refractivity contribution >= 4 is 0 Å². The van der Waals surface area contributed by atoms with E-state index in [-0.39, 0.29) is 0 Å². The normalized spacial score (nSPS) is 16.4. The van der Waals surface area contributed by atoms with Crippen LogP contribution in [0.3, 0.4) is 0 Å². The second-order valence-corrected chi connectivity index (χ2v) is 8.19. The van der Waals surface area contributed by atoms with Crippen molar-refractivity contribution in [1.82, 2.24) is 19.9 Å². The zero-order chi connectivity index (χ0) is 19.5. The van der Waals surface area contributed by atoms with Crippen LogP contribution in [-0.4, -0.2) is 19.9 Å². The van der Waals surface area contributed by atoms with Gasteiger partial charge in [0.15, 0.2) is 0 Å². The van der Waals surface area contributed by atoms with Crippen LogP contribution >= 0.6 is 0 Å². The Morgan fingerprint density at radius 2 is 1.11 bits per heavy atom. The summed E-state index contributed by atoms with van der Waals surface area (Å²) in [5.41, 5.74) is 4.13. The van der Waals surface area contributed by atoms with Crippen LogP contribution in [0, 0.1) is 0 Å². The van der Waals surface area contributed by atoms with Crippen molar-refractivity contribution in [2.75, 3.05) is 0 Å². The number of hydrogen-bond acceptors (Lipinski definition) is 6. The van der Waals surface area contributed by atoms with Crippen molar-refractivity contribution in [3.63, 3.8) is 0 Å². The number of rotatable bonds is 0. The lowest BCUT2D eigenvalue weighted by atomic mass is 9.87. The third-order valence-electron chi connectivity index (χ3n) is 5.47. The molecule has 0 saturated heterocycles. The molecule has 0 radical (unpaired) electrons. The standard InChI is InChI=1S/C22H20N4O2/c1-21(2)17-9-13(5-7-23-17)16-12-28-20(26-16)22(3,4)18-10-14(6-8-24-18)15-11-27-19(21)25-15/h5-12H,1-4H3. The molecule has 140 valence electrons.